The first kappa shape index (κ1) is 13.6. The fourth-order valence-corrected chi connectivity index (χ4v) is 1.68. The second-order valence-electron chi connectivity index (χ2n) is 5.05. The van der Waals surface area contributed by atoms with E-state index < -0.39 is 11.4 Å². The van der Waals surface area contributed by atoms with Crippen LogP contribution in [0.2, 0.25) is 0 Å². The number of hydrogen-bond donors (Lipinski definition) is 1. The van der Waals surface area contributed by atoms with Gasteiger partial charge < -0.3 is 10.0 Å². The Morgan fingerprint density at radius 3 is 2.41 bits per heavy atom. The molecule has 1 aromatic carbocycles. The molecule has 0 aliphatic carbocycles. The fraction of sp³-hybridized carbons (Fsp3) is 0.500. The summed E-state index contributed by atoms with van der Waals surface area (Å²) in [6.07, 6.45) is 1.57. The lowest BCUT2D eigenvalue weighted by Crippen LogP contribution is -2.26. The minimum atomic E-state index is -0.722. The van der Waals surface area contributed by atoms with Gasteiger partial charge in [0.2, 0.25) is 0 Å². The smallest absolute Gasteiger partial charge is 0.309 e. The molecule has 0 aliphatic rings. The predicted octanol–water partition coefficient (Wildman–Crippen LogP) is 3.01. The summed E-state index contributed by atoms with van der Waals surface area (Å²) in [6.45, 7) is 4.43. The maximum absolute atomic E-state index is 11.0. The van der Waals surface area contributed by atoms with E-state index in [-0.39, 0.29) is 0 Å². The quantitative estimate of drug-likeness (QED) is 0.824. The van der Waals surface area contributed by atoms with Crippen LogP contribution >= 0.6 is 0 Å². The maximum Gasteiger partial charge on any atom is 0.309 e. The van der Waals surface area contributed by atoms with Crippen LogP contribution in [0.3, 0.4) is 0 Å². The summed E-state index contributed by atoms with van der Waals surface area (Å²) in [5, 5.41) is 9.01. The third kappa shape index (κ3) is 4.10. The van der Waals surface area contributed by atoms with Crippen LogP contribution in [0.5, 0.6) is 0 Å². The van der Waals surface area contributed by atoms with Crippen LogP contribution in [0, 0.1) is 5.41 Å². The largest absolute Gasteiger partial charge is 0.481 e. The standard InChI is InChI=1S/C14H21NO2/c1-14(2,13(16)17)10-7-11-15(3)12-8-5-4-6-9-12/h4-6,8-9H,7,10-11H2,1-3H3,(H,16,17). The topological polar surface area (TPSA) is 40.5 Å². The molecule has 17 heavy (non-hydrogen) atoms. The van der Waals surface area contributed by atoms with E-state index in [4.69, 9.17) is 5.11 Å². The van der Waals surface area contributed by atoms with E-state index in [2.05, 4.69) is 17.0 Å². The van der Waals surface area contributed by atoms with Crippen molar-refractivity contribution in [2.45, 2.75) is 26.7 Å². The van der Waals surface area contributed by atoms with Crippen LogP contribution in [0.15, 0.2) is 30.3 Å². The molecule has 0 heterocycles. The Labute approximate surface area is 103 Å². The van der Waals surface area contributed by atoms with Crippen LogP contribution in [0.25, 0.3) is 0 Å². The van der Waals surface area contributed by atoms with Crippen molar-refractivity contribution in [2.75, 3.05) is 18.5 Å². The molecule has 94 valence electrons. The van der Waals surface area contributed by atoms with Gasteiger partial charge in [-0.05, 0) is 38.8 Å². The molecule has 0 unspecified atom stereocenters. The zero-order chi connectivity index (χ0) is 12.9. The number of anilines is 1. The van der Waals surface area contributed by atoms with Crippen LogP contribution in [0.4, 0.5) is 5.69 Å². The molecule has 0 atom stereocenters. The second-order valence-corrected chi connectivity index (χ2v) is 5.05. The van der Waals surface area contributed by atoms with Crippen LogP contribution in [-0.4, -0.2) is 24.7 Å². The number of aliphatic carboxylic acids is 1. The number of benzene rings is 1. The van der Waals surface area contributed by atoms with E-state index in [1.807, 2.05) is 25.2 Å². The average Bonchev–Trinajstić information content (AvgIpc) is 2.29. The first-order valence-corrected chi connectivity index (χ1v) is 5.93. The van der Waals surface area contributed by atoms with E-state index in [9.17, 15) is 4.79 Å². The van der Waals surface area contributed by atoms with Crippen LogP contribution in [-0.2, 0) is 4.79 Å². The van der Waals surface area contributed by atoms with Crippen molar-refractivity contribution in [3.8, 4) is 0 Å². The van der Waals surface area contributed by atoms with Crippen molar-refractivity contribution in [3.63, 3.8) is 0 Å². The lowest BCUT2D eigenvalue weighted by molar-refractivity contribution is -0.147. The Hall–Kier alpha value is -1.51. The molecule has 0 bridgehead atoms. The van der Waals surface area contributed by atoms with Gasteiger partial charge in [-0.15, -0.1) is 0 Å². The van der Waals surface area contributed by atoms with Crippen molar-refractivity contribution >= 4 is 11.7 Å². The molecule has 1 N–H and O–H groups in total. The van der Waals surface area contributed by atoms with E-state index in [1.54, 1.807) is 13.8 Å². The summed E-state index contributed by atoms with van der Waals surface area (Å²) in [5.74, 6) is -0.722. The molecule has 0 saturated carbocycles. The Bertz CT molecular complexity index is 360. The second kappa shape index (κ2) is 5.71. The maximum atomic E-state index is 11.0. The molecule has 0 aliphatic heterocycles. The fourth-order valence-electron chi connectivity index (χ4n) is 1.68. The summed E-state index contributed by atoms with van der Waals surface area (Å²) >= 11 is 0. The number of carboxylic acids is 1. The highest BCUT2D eigenvalue weighted by Gasteiger charge is 2.26. The molecule has 0 radical (unpaired) electrons. The van der Waals surface area contributed by atoms with Crippen molar-refractivity contribution in [1.29, 1.82) is 0 Å². The highest BCUT2D eigenvalue weighted by Crippen LogP contribution is 2.23. The lowest BCUT2D eigenvalue weighted by Gasteiger charge is -2.23. The summed E-state index contributed by atoms with van der Waals surface area (Å²) in [5.41, 5.74) is 0.540. The van der Waals surface area contributed by atoms with Gasteiger partial charge in [-0.2, -0.15) is 0 Å². The normalized spacial score (nSPS) is 11.2. The Kier molecular flexibility index (Phi) is 4.55. The Balaban J connectivity index is 2.40. The average molecular weight is 235 g/mol. The highest BCUT2D eigenvalue weighted by molar-refractivity contribution is 5.73. The molecule has 0 aromatic heterocycles. The van der Waals surface area contributed by atoms with Gasteiger partial charge >= 0.3 is 5.97 Å². The molecule has 3 heteroatoms. The molecular weight excluding hydrogens is 214 g/mol. The molecular formula is C14H21NO2. The Morgan fingerprint density at radius 1 is 1.29 bits per heavy atom. The number of carboxylic acid groups (broad SMARTS) is 1. The minimum absolute atomic E-state index is 0.627. The summed E-state index contributed by atoms with van der Waals surface area (Å²) in [7, 11) is 2.03. The third-order valence-corrected chi connectivity index (χ3v) is 3.07. The first-order chi connectivity index (χ1) is 7.93. The van der Waals surface area contributed by atoms with Gasteiger partial charge in [0.25, 0.3) is 0 Å². The van der Waals surface area contributed by atoms with Crippen molar-refractivity contribution in [1.82, 2.24) is 0 Å². The highest BCUT2D eigenvalue weighted by atomic mass is 16.4. The molecule has 1 aromatic rings. The molecule has 0 spiro atoms. The van der Waals surface area contributed by atoms with Crippen molar-refractivity contribution < 1.29 is 9.90 Å². The number of rotatable bonds is 6. The molecule has 3 nitrogen and oxygen atoms in total. The number of nitrogens with zero attached hydrogens (tertiary/aromatic N) is 1. The van der Waals surface area contributed by atoms with E-state index >= 15 is 0 Å². The van der Waals surface area contributed by atoms with Crippen molar-refractivity contribution in [2.24, 2.45) is 5.41 Å². The number of para-hydroxylation sites is 1. The zero-order valence-corrected chi connectivity index (χ0v) is 10.8. The van der Waals surface area contributed by atoms with Gasteiger partial charge in [-0.3, -0.25) is 4.79 Å². The summed E-state index contributed by atoms with van der Waals surface area (Å²) in [4.78, 5) is 13.1. The SMILES string of the molecule is CN(CCCC(C)(C)C(=O)O)c1ccccc1. The molecule has 0 saturated heterocycles. The molecule has 0 fully saturated rings. The van der Waals surface area contributed by atoms with Crippen LogP contribution < -0.4 is 4.90 Å². The summed E-state index contributed by atoms with van der Waals surface area (Å²) < 4.78 is 0. The number of carbonyl (C=O) groups is 1. The number of hydrogen-bond acceptors (Lipinski definition) is 2. The predicted molar refractivity (Wildman–Crippen MR) is 70.4 cm³/mol. The van der Waals surface area contributed by atoms with Gasteiger partial charge in [0.05, 0.1) is 5.41 Å². The monoisotopic (exact) mass is 235 g/mol. The van der Waals surface area contributed by atoms with Gasteiger partial charge in [0.15, 0.2) is 0 Å². The van der Waals surface area contributed by atoms with Crippen molar-refractivity contribution in [3.05, 3.63) is 30.3 Å². The van der Waals surface area contributed by atoms with Gasteiger partial charge in [0.1, 0.15) is 0 Å². The van der Waals surface area contributed by atoms with Gasteiger partial charge in [0, 0.05) is 19.3 Å². The lowest BCUT2D eigenvalue weighted by atomic mass is 9.88. The van der Waals surface area contributed by atoms with E-state index in [1.165, 1.54) is 5.69 Å². The van der Waals surface area contributed by atoms with E-state index in [0.717, 1.165) is 13.0 Å². The molecule has 1 rings (SSSR count). The van der Waals surface area contributed by atoms with E-state index in [0.29, 0.717) is 6.42 Å². The zero-order valence-electron chi connectivity index (χ0n) is 10.8. The first-order valence-electron chi connectivity index (χ1n) is 5.93. The third-order valence-electron chi connectivity index (χ3n) is 3.07. The van der Waals surface area contributed by atoms with Gasteiger partial charge in [-0.25, -0.2) is 0 Å². The summed E-state index contributed by atoms with van der Waals surface area (Å²) in [6, 6.07) is 10.1. The van der Waals surface area contributed by atoms with Crippen LogP contribution in [0.1, 0.15) is 26.7 Å². The minimum Gasteiger partial charge on any atom is -0.481 e. The molecule has 0 amide bonds. The Morgan fingerprint density at radius 2 is 1.88 bits per heavy atom. The van der Waals surface area contributed by atoms with Gasteiger partial charge in [-0.1, -0.05) is 18.2 Å².